The van der Waals surface area contributed by atoms with Gasteiger partial charge in [-0.25, -0.2) is 4.79 Å². The zero-order valence-electron chi connectivity index (χ0n) is 15.7. The van der Waals surface area contributed by atoms with Crippen molar-refractivity contribution >= 4 is 17.6 Å². The summed E-state index contributed by atoms with van der Waals surface area (Å²) in [6.45, 7) is 3.22. The molecule has 3 amide bonds. The minimum Gasteiger partial charge on any atom is -0.497 e. The molecule has 0 spiro atoms. The van der Waals surface area contributed by atoms with E-state index >= 15 is 0 Å². The summed E-state index contributed by atoms with van der Waals surface area (Å²) in [4.78, 5) is 26.6. The molecule has 142 valence electrons. The van der Waals surface area contributed by atoms with Crippen molar-refractivity contribution in [2.75, 3.05) is 25.5 Å². The number of piperidine rings is 1. The van der Waals surface area contributed by atoms with Crippen LogP contribution in [0.25, 0.3) is 0 Å². The number of rotatable bonds is 4. The highest BCUT2D eigenvalue weighted by molar-refractivity contribution is 5.94. The fourth-order valence-corrected chi connectivity index (χ4v) is 3.19. The first-order chi connectivity index (χ1) is 13.0. The highest BCUT2D eigenvalue weighted by Gasteiger charge is 2.24. The number of anilines is 1. The average Bonchev–Trinajstić information content (AvgIpc) is 2.68. The smallest absolute Gasteiger partial charge is 0.321 e. The summed E-state index contributed by atoms with van der Waals surface area (Å²) in [5.41, 5.74) is 2.48. The molecule has 2 aromatic rings. The summed E-state index contributed by atoms with van der Waals surface area (Å²) in [5, 5.41) is 5.98. The number of ether oxygens (including phenoxy) is 1. The lowest BCUT2D eigenvalue weighted by Crippen LogP contribution is -2.47. The second-order valence-corrected chi connectivity index (χ2v) is 6.77. The number of carbonyl (C=O) groups excluding carboxylic acids is 2. The molecule has 1 aliphatic rings. The lowest BCUT2D eigenvalue weighted by molar-refractivity contribution is 0.0919. The van der Waals surface area contributed by atoms with E-state index in [0.29, 0.717) is 24.4 Å². The number of likely N-dealkylation sites (tertiary alicyclic amines) is 1. The first-order valence-corrected chi connectivity index (χ1v) is 9.12. The molecule has 0 aliphatic carbocycles. The molecule has 3 rings (SSSR count). The highest BCUT2D eigenvalue weighted by Crippen LogP contribution is 2.16. The third-order valence-electron chi connectivity index (χ3n) is 4.72. The van der Waals surface area contributed by atoms with Crippen molar-refractivity contribution in [3.63, 3.8) is 0 Å². The molecule has 1 heterocycles. The molecule has 27 heavy (non-hydrogen) atoms. The lowest BCUT2D eigenvalue weighted by atomic mass is 10.0. The summed E-state index contributed by atoms with van der Waals surface area (Å²) in [7, 11) is 1.58. The van der Waals surface area contributed by atoms with E-state index in [0.717, 1.165) is 24.1 Å². The van der Waals surface area contributed by atoms with Gasteiger partial charge in [-0.05, 0) is 55.7 Å². The SMILES string of the molecule is COc1cccc(C(=O)NC2CCN(C(=O)Nc3cccc(C)c3)CC2)c1. The Kier molecular flexibility index (Phi) is 5.96. The third-order valence-corrected chi connectivity index (χ3v) is 4.72. The van der Waals surface area contributed by atoms with Gasteiger partial charge in [0.1, 0.15) is 5.75 Å². The quantitative estimate of drug-likeness (QED) is 0.870. The van der Waals surface area contributed by atoms with Crippen molar-refractivity contribution in [1.82, 2.24) is 10.2 Å². The molecule has 0 saturated carbocycles. The predicted octanol–water partition coefficient (Wildman–Crippen LogP) is 3.43. The molecule has 6 heteroatoms. The fraction of sp³-hybridized carbons (Fsp3) is 0.333. The lowest BCUT2D eigenvalue weighted by Gasteiger charge is -2.32. The number of carbonyl (C=O) groups is 2. The molecule has 0 aromatic heterocycles. The van der Waals surface area contributed by atoms with Crippen LogP contribution in [0.4, 0.5) is 10.5 Å². The topological polar surface area (TPSA) is 70.7 Å². The average molecular weight is 367 g/mol. The minimum absolute atomic E-state index is 0.0618. The van der Waals surface area contributed by atoms with E-state index in [-0.39, 0.29) is 18.0 Å². The predicted molar refractivity (Wildman–Crippen MR) is 105 cm³/mol. The number of aryl methyl sites for hydroxylation is 1. The van der Waals surface area contributed by atoms with Crippen molar-refractivity contribution in [1.29, 1.82) is 0 Å². The number of hydrogen-bond donors (Lipinski definition) is 2. The van der Waals surface area contributed by atoms with E-state index in [2.05, 4.69) is 10.6 Å². The molecule has 2 N–H and O–H groups in total. The van der Waals surface area contributed by atoms with Gasteiger partial charge in [-0.1, -0.05) is 18.2 Å². The maximum atomic E-state index is 12.4. The number of nitrogens with zero attached hydrogens (tertiary/aromatic N) is 1. The molecule has 0 bridgehead atoms. The minimum atomic E-state index is -0.114. The van der Waals surface area contributed by atoms with Crippen LogP contribution in [0.2, 0.25) is 0 Å². The second-order valence-electron chi connectivity index (χ2n) is 6.77. The number of nitrogens with one attached hydrogen (secondary N) is 2. The fourth-order valence-electron chi connectivity index (χ4n) is 3.19. The van der Waals surface area contributed by atoms with Gasteiger partial charge in [0.2, 0.25) is 0 Å². The Hall–Kier alpha value is -3.02. The Morgan fingerprint density at radius 3 is 2.52 bits per heavy atom. The zero-order chi connectivity index (χ0) is 19.2. The maximum absolute atomic E-state index is 12.4. The number of amides is 3. The summed E-state index contributed by atoms with van der Waals surface area (Å²) < 4.78 is 5.16. The number of hydrogen-bond acceptors (Lipinski definition) is 3. The van der Waals surface area contributed by atoms with Gasteiger partial charge < -0.3 is 20.3 Å². The van der Waals surface area contributed by atoms with Crippen molar-refractivity contribution in [3.8, 4) is 5.75 Å². The van der Waals surface area contributed by atoms with Crippen LogP contribution in [0, 0.1) is 6.92 Å². The van der Waals surface area contributed by atoms with E-state index in [1.807, 2.05) is 37.3 Å². The van der Waals surface area contributed by atoms with Crippen LogP contribution >= 0.6 is 0 Å². The zero-order valence-corrected chi connectivity index (χ0v) is 15.7. The summed E-state index contributed by atoms with van der Waals surface area (Å²) in [6, 6.07) is 14.8. The maximum Gasteiger partial charge on any atom is 0.321 e. The molecule has 1 aliphatic heterocycles. The Bertz CT molecular complexity index is 814. The molecule has 0 atom stereocenters. The standard InChI is InChI=1S/C21H25N3O3/c1-15-5-3-7-18(13-15)23-21(26)24-11-9-17(10-12-24)22-20(25)16-6-4-8-19(14-16)27-2/h3-8,13-14,17H,9-12H2,1-2H3,(H,22,25)(H,23,26). The van der Waals surface area contributed by atoms with Gasteiger partial charge in [0.25, 0.3) is 5.91 Å². The van der Waals surface area contributed by atoms with Crippen LogP contribution in [0.3, 0.4) is 0 Å². The van der Waals surface area contributed by atoms with E-state index in [9.17, 15) is 9.59 Å². The van der Waals surface area contributed by atoms with Crippen LogP contribution in [0.5, 0.6) is 5.75 Å². The number of benzene rings is 2. The Morgan fingerprint density at radius 1 is 1.07 bits per heavy atom. The van der Waals surface area contributed by atoms with E-state index in [1.54, 1.807) is 30.2 Å². The Balaban J connectivity index is 1.49. The molecule has 0 unspecified atom stereocenters. The largest absolute Gasteiger partial charge is 0.497 e. The van der Waals surface area contributed by atoms with Crippen LogP contribution in [0.15, 0.2) is 48.5 Å². The van der Waals surface area contributed by atoms with E-state index < -0.39 is 0 Å². The Morgan fingerprint density at radius 2 is 1.81 bits per heavy atom. The van der Waals surface area contributed by atoms with E-state index in [1.165, 1.54) is 0 Å². The van der Waals surface area contributed by atoms with Gasteiger partial charge in [0, 0.05) is 30.4 Å². The number of methoxy groups -OCH3 is 1. The van der Waals surface area contributed by atoms with Gasteiger partial charge in [0.15, 0.2) is 0 Å². The van der Waals surface area contributed by atoms with Crippen molar-refractivity contribution in [2.45, 2.75) is 25.8 Å². The van der Waals surface area contributed by atoms with Crippen LogP contribution in [0.1, 0.15) is 28.8 Å². The first kappa shape index (κ1) is 18.8. The van der Waals surface area contributed by atoms with Gasteiger partial charge in [0.05, 0.1) is 7.11 Å². The third kappa shape index (κ3) is 5.00. The van der Waals surface area contributed by atoms with Crippen molar-refractivity contribution < 1.29 is 14.3 Å². The van der Waals surface area contributed by atoms with Crippen molar-refractivity contribution in [3.05, 3.63) is 59.7 Å². The van der Waals surface area contributed by atoms with Gasteiger partial charge in [-0.3, -0.25) is 4.79 Å². The van der Waals surface area contributed by atoms with Gasteiger partial charge in [-0.2, -0.15) is 0 Å². The second kappa shape index (κ2) is 8.58. The molecule has 1 saturated heterocycles. The molecular weight excluding hydrogens is 342 g/mol. The molecule has 1 fully saturated rings. The molecule has 6 nitrogen and oxygen atoms in total. The highest BCUT2D eigenvalue weighted by atomic mass is 16.5. The summed E-state index contributed by atoms with van der Waals surface area (Å²) in [5.74, 6) is 0.543. The van der Waals surface area contributed by atoms with Crippen LogP contribution < -0.4 is 15.4 Å². The summed E-state index contributed by atoms with van der Waals surface area (Å²) in [6.07, 6.45) is 1.47. The first-order valence-electron chi connectivity index (χ1n) is 9.12. The van der Waals surface area contributed by atoms with Crippen molar-refractivity contribution in [2.24, 2.45) is 0 Å². The monoisotopic (exact) mass is 367 g/mol. The molecule has 2 aromatic carbocycles. The number of urea groups is 1. The summed E-state index contributed by atoms with van der Waals surface area (Å²) >= 11 is 0. The molecular formula is C21H25N3O3. The molecule has 0 radical (unpaired) electrons. The Labute approximate surface area is 159 Å². The van der Waals surface area contributed by atoms with Crippen LogP contribution in [-0.4, -0.2) is 43.1 Å². The van der Waals surface area contributed by atoms with E-state index in [4.69, 9.17) is 4.74 Å². The van der Waals surface area contributed by atoms with Gasteiger partial charge in [-0.15, -0.1) is 0 Å². The van der Waals surface area contributed by atoms with Crippen LogP contribution in [-0.2, 0) is 0 Å². The normalized spacial score (nSPS) is 14.5. The van der Waals surface area contributed by atoms with Gasteiger partial charge >= 0.3 is 6.03 Å².